The molecule has 1 fully saturated rings. The number of nitrogens with zero attached hydrogens (tertiary/aromatic N) is 1. The molecule has 0 amide bonds. The maximum Gasteiger partial charge on any atom is 0.151 e. The average Bonchev–Trinajstić information content (AvgIpc) is 2.80. The quantitative estimate of drug-likeness (QED) is 0.578. The minimum absolute atomic E-state index is 0.653. The molecule has 15 heavy (non-hydrogen) atoms. The van der Waals surface area contributed by atoms with E-state index in [1.54, 1.807) is 6.20 Å². The Morgan fingerprint density at radius 3 is 2.80 bits per heavy atom. The molecule has 1 saturated carbocycles. The lowest BCUT2D eigenvalue weighted by molar-refractivity contribution is 0.112. The Labute approximate surface area is 94.5 Å². The fraction of sp³-hybridized carbons (Fsp3) is 0.500. The summed E-state index contributed by atoms with van der Waals surface area (Å²) in [6.45, 7) is 0. The number of pyridine rings is 1. The highest BCUT2D eigenvalue weighted by atomic mass is 32.2. The highest BCUT2D eigenvalue weighted by molar-refractivity contribution is 7.99. The molecule has 1 heterocycles. The summed E-state index contributed by atoms with van der Waals surface area (Å²) in [5.41, 5.74) is 0.653. The molecular weight excluding hydrogens is 206 g/mol. The number of aldehydes is 1. The molecule has 0 aromatic carbocycles. The van der Waals surface area contributed by atoms with Crippen LogP contribution in [0.4, 0.5) is 0 Å². The molecule has 1 aromatic heterocycles. The van der Waals surface area contributed by atoms with Crippen LogP contribution in [0.2, 0.25) is 0 Å². The molecular formula is C12H15NOS. The Kier molecular flexibility index (Phi) is 3.78. The number of carbonyl (C=O) groups excluding carboxylic acids is 1. The van der Waals surface area contributed by atoms with Crippen LogP contribution in [0, 0.1) is 5.92 Å². The Balaban J connectivity index is 1.84. The summed E-state index contributed by atoms with van der Waals surface area (Å²) in [7, 11) is 0. The van der Waals surface area contributed by atoms with E-state index < -0.39 is 0 Å². The third kappa shape index (κ3) is 3.06. The van der Waals surface area contributed by atoms with Crippen molar-refractivity contribution in [1.82, 2.24) is 4.98 Å². The van der Waals surface area contributed by atoms with E-state index in [0.29, 0.717) is 5.56 Å². The predicted molar refractivity (Wildman–Crippen MR) is 62.3 cm³/mol. The number of thioether (sulfide) groups is 1. The van der Waals surface area contributed by atoms with Gasteiger partial charge in [-0.15, -0.1) is 11.8 Å². The maximum atomic E-state index is 10.4. The zero-order chi connectivity index (χ0) is 10.5. The molecule has 2 nitrogen and oxygen atoms in total. The summed E-state index contributed by atoms with van der Waals surface area (Å²) >= 11 is 1.81. The molecule has 0 unspecified atom stereocenters. The number of carbonyl (C=O) groups is 1. The SMILES string of the molecule is O=Cc1ccc(SCC2CCCC2)nc1. The topological polar surface area (TPSA) is 30.0 Å². The number of hydrogen-bond donors (Lipinski definition) is 0. The average molecular weight is 221 g/mol. The van der Waals surface area contributed by atoms with Gasteiger partial charge in [0.15, 0.2) is 6.29 Å². The normalized spacial score (nSPS) is 16.8. The van der Waals surface area contributed by atoms with E-state index in [2.05, 4.69) is 4.98 Å². The van der Waals surface area contributed by atoms with Crippen LogP contribution in [0.5, 0.6) is 0 Å². The molecule has 1 aliphatic rings. The third-order valence-electron chi connectivity index (χ3n) is 2.84. The molecule has 0 spiro atoms. The van der Waals surface area contributed by atoms with E-state index in [9.17, 15) is 4.79 Å². The van der Waals surface area contributed by atoms with Crippen molar-refractivity contribution in [3.63, 3.8) is 0 Å². The van der Waals surface area contributed by atoms with Crippen molar-refractivity contribution >= 4 is 18.0 Å². The number of rotatable bonds is 4. The van der Waals surface area contributed by atoms with Crippen molar-refractivity contribution < 1.29 is 4.79 Å². The minimum Gasteiger partial charge on any atom is -0.298 e. The zero-order valence-electron chi connectivity index (χ0n) is 8.69. The lowest BCUT2D eigenvalue weighted by atomic mass is 10.1. The van der Waals surface area contributed by atoms with E-state index >= 15 is 0 Å². The predicted octanol–water partition coefficient (Wildman–Crippen LogP) is 3.18. The van der Waals surface area contributed by atoms with Gasteiger partial charge in [-0.3, -0.25) is 4.79 Å². The van der Waals surface area contributed by atoms with Crippen molar-refractivity contribution in [2.75, 3.05) is 5.75 Å². The molecule has 0 N–H and O–H groups in total. The van der Waals surface area contributed by atoms with Crippen LogP contribution in [-0.2, 0) is 0 Å². The van der Waals surface area contributed by atoms with Crippen LogP contribution < -0.4 is 0 Å². The molecule has 1 aromatic rings. The first-order valence-electron chi connectivity index (χ1n) is 5.42. The summed E-state index contributed by atoms with van der Waals surface area (Å²) in [4.78, 5) is 14.7. The molecule has 0 aliphatic heterocycles. The highest BCUT2D eigenvalue weighted by Crippen LogP contribution is 2.30. The second kappa shape index (κ2) is 5.31. The van der Waals surface area contributed by atoms with Crippen LogP contribution in [0.15, 0.2) is 23.4 Å². The second-order valence-corrected chi connectivity index (χ2v) is 5.05. The van der Waals surface area contributed by atoms with Crippen molar-refractivity contribution in [3.05, 3.63) is 23.9 Å². The van der Waals surface area contributed by atoms with Crippen LogP contribution >= 0.6 is 11.8 Å². The van der Waals surface area contributed by atoms with Gasteiger partial charge in [0.25, 0.3) is 0 Å². The monoisotopic (exact) mass is 221 g/mol. The van der Waals surface area contributed by atoms with Crippen LogP contribution in [0.3, 0.4) is 0 Å². The molecule has 0 bridgehead atoms. The molecule has 80 valence electrons. The fourth-order valence-corrected chi connectivity index (χ4v) is 2.96. The Bertz CT molecular complexity index is 317. The van der Waals surface area contributed by atoms with Crippen molar-refractivity contribution in [3.8, 4) is 0 Å². The van der Waals surface area contributed by atoms with E-state index in [0.717, 1.165) is 17.2 Å². The van der Waals surface area contributed by atoms with Crippen LogP contribution in [-0.4, -0.2) is 17.0 Å². The summed E-state index contributed by atoms with van der Waals surface area (Å²) in [6, 6.07) is 3.76. The Morgan fingerprint density at radius 1 is 1.40 bits per heavy atom. The molecule has 2 rings (SSSR count). The summed E-state index contributed by atoms with van der Waals surface area (Å²) in [5.74, 6) is 2.05. The first kappa shape index (κ1) is 10.7. The van der Waals surface area contributed by atoms with Crippen LogP contribution in [0.25, 0.3) is 0 Å². The largest absolute Gasteiger partial charge is 0.298 e. The van der Waals surface area contributed by atoms with Gasteiger partial charge in [0, 0.05) is 17.5 Å². The van der Waals surface area contributed by atoms with Gasteiger partial charge in [-0.25, -0.2) is 4.98 Å². The first-order chi connectivity index (χ1) is 7.38. The van der Waals surface area contributed by atoms with E-state index in [-0.39, 0.29) is 0 Å². The Hall–Kier alpha value is -0.830. The van der Waals surface area contributed by atoms with Crippen molar-refractivity contribution in [2.45, 2.75) is 30.7 Å². The van der Waals surface area contributed by atoms with Gasteiger partial charge in [0.05, 0.1) is 5.03 Å². The molecule has 3 heteroatoms. The summed E-state index contributed by atoms with van der Waals surface area (Å²) in [5, 5.41) is 1.03. The Morgan fingerprint density at radius 2 is 2.20 bits per heavy atom. The standard InChI is InChI=1S/C12H15NOS/c14-8-11-5-6-12(13-7-11)15-9-10-3-1-2-4-10/h5-8,10H,1-4,9H2. The smallest absolute Gasteiger partial charge is 0.151 e. The molecule has 0 saturated heterocycles. The molecule has 0 radical (unpaired) electrons. The maximum absolute atomic E-state index is 10.4. The van der Waals surface area contributed by atoms with Crippen molar-refractivity contribution in [2.24, 2.45) is 5.92 Å². The van der Waals surface area contributed by atoms with Gasteiger partial charge < -0.3 is 0 Å². The van der Waals surface area contributed by atoms with Crippen molar-refractivity contribution in [1.29, 1.82) is 0 Å². The van der Waals surface area contributed by atoms with Gasteiger partial charge in [0.2, 0.25) is 0 Å². The summed E-state index contributed by atoms with van der Waals surface area (Å²) < 4.78 is 0. The highest BCUT2D eigenvalue weighted by Gasteiger charge is 2.15. The van der Waals surface area contributed by atoms with E-state index in [1.807, 2.05) is 23.9 Å². The van der Waals surface area contributed by atoms with Gasteiger partial charge in [-0.2, -0.15) is 0 Å². The van der Waals surface area contributed by atoms with Gasteiger partial charge in [-0.05, 0) is 30.9 Å². The zero-order valence-corrected chi connectivity index (χ0v) is 9.50. The summed E-state index contributed by atoms with van der Waals surface area (Å²) in [6.07, 6.45) is 8.01. The van der Waals surface area contributed by atoms with E-state index in [4.69, 9.17) is 0 Å². The minimum atomic E-state index is 0.653. The van der Waals surface area contributed by atoms with Gasteiger partial charge in [0.1, 0.15) is 0 Å². The molecule has 0 atom stereocenters. The number of hydrogen-bond acceptors (Lipinski definition) is 3. The number of aromatic nitrogens is 1. The van der Waals surface area contributed by atoms with E-state index in [1.165, 1.54) is 31.4 Å². The fourth-order valence-electron chi connectivity index (χ4n) is 1.93. The second-order valence-electron chi connectivity index (χ2n) is 4.01. The first-order valence-corrected chi connectivity index (χ1v) is 6.41. The lowest BCUT2D eigenvalue weighted by Crippen LogP contribution is -1.96. The third-order valence-corrected chi connectivity index (χ3v) is 4.01. The lowest BCUT2D eigenvalue weighted by Gasteiger charge is -2.07. The van der Waals surface area contributed by atoms with Gasteiger partial charge >= 0.3 is 0 Å². The van der Waals surface area contributed by atoms with Gasteiger partial charge in [-0.1, -0.05) is 12.8 Å². The van der Waals surface area contributed by atoms with Crippen LogP contribution in [0.1, 0.15) is 36.0 Å². The molecule has 1 aliphatic carbocycles.